The van der Waals surface area contributed by atoms with Crippen LogP contribution >= 0.6 is 0 Å². The van der Waals surface area contributed by atoms with Crippen LogP contribution in [0.5, 0.6) is 5.75 Å². The first-order valence-corrected chi connectivity index (χ1v) is 6.69. The molecular formula is C15H24O3. The topological polar surface area (TPSA) is 49.7 Å². The van der Waals surface area contributed by atoms with Crippen molar-refractivity contribution in [1.29, 1.82) is 0 Å². The molecule has 3 heteroatoms. The van der Waals surface area contributed by atoms with Crippen LogP contribution in [0.4, 0.5) is 0 Å². The minimum Gasteiger partial charge on any atom is -0.494 e. The van der Waals surface area contributed by atoms with Crippen LogP contribution in [0.15, 0.2) is 18.2 Å². The highest BCUT2D eigenvalue weighted by molar-refractivity contribution is 5.36. The molecule has 3 nitrogen and oxygen atoms in total. The second-order valence-electron chi connectivity index (χ2n) is 4.56. The van der Waals surface area contributed by atoms with E-state index in [2.05, 4.69) is 19.1 Å². The molecule has 0 aliphatic carbocycles. The van der Waals surface area contributed by atoms with E-state index >= 15 is 0 Å². The van der Waals surface area contributed by atoms with Crippen molar-refractivity contribution in [2.24, 2.45) is 0 Å². The van der Waals surface area contributed by atoms with Crippen molar-refractivity contribution in [2.45, 2.75) is 52.2 Å². The van der Waals surface area contributed by atoms with Gasteiger partial charge in [0.25, 0.3) is 0 Å². The Hall–Kier alpha value is -1.06. The summed E-state index contributed by atoms with van der Waals surface area (Å²) in [5, 5.41) is 18.9. The SMILES string of the molecule is CCOc1ccc(CCC(O)C(C)O)c(CC)c1. The average molecular weight is 252 g/mol. The van der Waals surface area contributed by atoms with E-state index in [1.165, 1.54) is 11.1 Å². The Morgan fingerprint density at radius 2 is 1.89 bits per heavy atom. The molecule has 0 amide bonds. The van der Waals surface area contributed by atoms with Crippen molar-refractivity contribution in [3.05, 3.63) is 29.3 Å². The minimum absolute atomic E-state index is 0.582. The number of rotatable bonds is 7. The summed E-state index contributed by atoms with van der Waals surface area (Å²) >= 11 is 0. The highest BCUT2D eigenvalue weighted by Gasteiger charge is 2.12. The van der Waals surface area contributed by atoms with E-state index in [4.69, 9.17) is 4.74 Å². The fourth-order valence-corrected chi connectivity index (χ4v) is 1.98. The second-order valence-corrected chi connectivity index (χ2v) is 4.56. The van der Waals surface area contributed by atoms with Crippen molar-refractivity contribution in [2.75, 3.05) is 6.61 Å². The summed E-state index contributed by atoms with van der Waals surface area (Å²) in [5.41, 5.74) is 2.47. The van der Waals surface area contributed by atoms with E-state index in [-0.39, 0.29) is 0 Å². The first-order chi connectivity index (χ1) is 8.58. The maximum absolute atomic E-state index is 9.62. The molecule has 0 spiro atoms. The van der Waals surface area contributed by atoms with Gasteiger partial charge in [-0.2, -0.15) is 0 Å². The molecule has 0 heterocycles. The number of hydrogen-bond donors (Lipinski definition) is 2. The molecule has 0 saturated carbocycles. The number of hydrogen-bond acceptors (Lipinski definition) is 3. The van der Waals surface area contributed by atoms with Crippen molar-refractivity contribution in [3.63, 3.8) is 0 Å². The van der Waals surface area contributed by atoms with E-state index in [0.29, 0.717) is 13.0 Å². The van der Waals surface area contributed by atoms with Gasteiger partial charge in [-0.15, -0.1) is 0 Å². The number of ether oxygens (including phenoxy) is 1. The summed E-state index contributed by atoms with van der Waals surface area (Å²) in [6, 6.07) is 6.08. The van der Waals surface area contributed by atoms with Gasteiger partial charge in [-0.3, -0.25) is 0 Å². The molecule has 0 saturated heterocycles. The molecule has 1 aromatic carbocycles. The van der Waals surface area contributed by atoms with E-state index in [9.17, 15) is 10.2 Å². The van der Waals surface area contributed by atoms with Crippen LogP contribution in [0.25, 0.3) is 0 Å². The summed E-state index contributed by atoms with van der Waals surface area (Å²) < 4.78 is 5.48. The summed E-state index contributed by atoms with van der Waals surface area (Å²) in [4.78, 5) is 0. The molecule has 2 N–H and O–H groups in total. The van der Waals surface area contributed by atoms with Gasteiger partial charge in [0, 0.05) is 0 Å². The lowest BCUT2D eigenvalue weighted by Gasteiger charge is -2.15. The predicted octanol–water partition coefficient (Wildman–Crippen LogP) is 2.32. The van der Waals surface area contributed by atoms with E-state index in [1.54, 1.807) is 6.92 Å². The molecule has 0 fully saturated rings. The van der Waals surface area contributed by atoms with Crippen LogP contribution < -0.4 is 4.74 Å². The Morgan fingerprint density at radius 3 is 2.44 bits per heavy atom. The third-order valence-corrected chi connectivity index (χ3v) is 3.14. The third-order valence-electron chi connectivity index (χ3n) is 3.14. The second kappa shape index (κ2) is 7.39. The average Bonchev–Trinajstić information content (AvgIpc) is 2.36. The monoisotopic (exact) mass is 252 g/mol. The van der Waals surface area contributed by atoms with Crippen molar-refractivity contribution in [3.8, 4) is 5.75 Å². The quantitative estimate of drug-likeness (QED) is 0.783. The fourth-order valence-electron chi connectivity index (χ4n) is 1.98. The molecule has 0 radical (unpaired) electrons. The van der Waals surface area contributed by atoms with Gasteiger partial charge in [0.15, 0.2) is 0 Å². The van der Waals surface area contributed by atoms with Gasteiger partial charge in [-0.05, 0) is 56.4 Å². The highest BCUT2D eigenvalue weighted by atomic mass is 16.5. The molecule has 2 atom stereocenters. The zero-order valence-corrected chi connectivity index (χ0v) is 11.5. The third kappa shape index (κ3) is 4.31. The molecule has 1 aromatic rings. The lowest BCUT2D eigenvalue weighted by Crippen LogP contribution is -2.23. The Morgan fingerprint density at radius 1 is 1.17 bits per heavy atom. The van der Waals surface area contributed by atoms with Gasteiger partial charge in [-0.25, -0.2) is 0 Å². The van der Waals surface area contributed by atoms with Gasteiger partial charge in [0.1, 0.15) is 5.75 Å². The number of aliphatic hydroxyl groups excluding tert-OH is 2. The van der Waals surface area contributed by atoms with Crippen molar-refractivity contribution < 1.29 is 14.9 Å². The van der Waals surface area contributed by atoms with Gasteiger partial charge in [-0.1, -0.05) is 13.0 Å². The molecule has 2 unspecified atom stereocenters. The van der Waals surface area contributed by atoms with E-state index in [1.807, 2.05) is 13.0 Å². The maximum Gasteiger partial charge on any atom is 0.119 e. The molecule has 0 aliphatic rings. The van der Waals surface area contributed by atoms with Crippen LogP contribution in [-0.4, -0.2) is 29.0 Å². The molecule has 102 valence electrons. The summed E-state index contributed by atoms with van der Waals surface area (Å²) in [7, 11) is 0. The van der Waals surface area contributed by atoms with Crippen LogP contribution in [-0.2, 0) is 12.8 Å². The van der Waals surface area contributed by atoms with Crippen LogP contribution in [0.2, 0.25) is 0 Å². The minimum atomic E-state index is -0.669. The van der Waals surface area contributed by atoms with Crippen molar-refractivity contribution in [1.82, 2.24) is 0 Å². The van der Waals surface area contributed by atoms with Crippen molar-refractivity contribution >= 4 is 0 Å². The Labute approximate surface area is 109 Å². The largest absolute Gasteiger partial charge is 0.494 e. The first-order valence-electron chi connectivity index (χ1n) is 6.69. The van der Waals surface area contributed by atoms with Crippen LogP contribution in [0.1, 0.15) is 38.3 Å². The molecule has 0 aromatic heterocycles. The Kier molecular flexibility index (Phi) is 6.16. The fraction of sp³-hybridized carbons (Fsp3) is 0.600. The molecule has 1 rings (SSSR count). The zero-order valence-electron chi connectivity index (χ0n) is 11.5. The summed E-state index contributed by atoms with van der Waals surface area (Å²) in [6.45, 7) is 6.37. The standard InChI is InChI=1S/C15H24O3/c1-4-12-10-14(18-5-2)8-6-13(12)7-9-15(17)11(3)16/h6,8,10-11,15-17H,4-5,7,9H2,1-3H3. The zero-order chi connectivity index (χ0) is 13.5. The van der Waals surface area contributed by atoms with Gasteiger partial charge in [0.2, 0.25) is 0 Å². The Balaban J connectivity index is 2.70. The van der Waals surface area contributed by atoms with E-state index in [0.717, 1.165) is 18.6 Å². The number of aliphatic hydroxyl groups is 2. The highest BCUT2D eigenvalue weighted by Crippen LogP contribution is 2.20. The lowest BCUT2D eigenvalue weighted by atomic mass is 9.98. The van der Waals surface area contributed by atoms with Gasteiger partial charge >= 0.3 is 0 Å². The molecule has 0 bridgehead atoms. The summed E-state index contributed by atoms with van der Waals surface area (Å²) in [6.07, 6.45) is 0.987. The van der Waals surface area contributed by atoms with Crippen LogP contribution in [0, 0.1) is 0 Å². The normalized spacial score (nSPS) is 14.3. The predicted molar refractivity (Wildman–Crippen MR) is 73.0 cm³/mol. The van der Waals surface area contributed by atoms with E-state index < -0.39 is 12.2 Å². The Bertz CT molecular complexity index is 361. The molecule has 0 aliphatic heterocycles. The lowest BCUT2D eigenvalue weighted by molar-refractivity contribution is 0.0265. The number of benzene rings is 1. The first kappa shape index (κ1) is 15.0. The van der Waals surface area contributed by atoms with Gasteiger partial charge < -0.3 is 14.9 Å². The number of aryl methyl sites for hydroxylation is 2. The smallest absolute Gasteiger partial charge is 0.119 e. The van der Waals surface area contributed by atoms with Gasteiger partial charge in [0.05, 0.1) is 18.8 Å². The molecular weight excluding hydrogens is 228 g/mol. The molecule has 18 heavy (non-hydrogen) atoms. The maximum atomic E-state index is 9.62. The summed E-state index contributed by atoms with van der Waals surface area (Å²) in [5.74, 6) is 0.897. The van der Waals surface area contributed by atoms with Crippen LogP contribution in [0.3, 0.4) is 0 Å².